The van der Waals surface area contributed by atoms with Gasteiger partial charge < -0.3 is 20.2 Å². The fourth-order valence-electron chi connectivity index (χ4n) is 5.31. The molecule has 3 amide bonds. The Morgan fingerprint density at radius 3 is 1.81 bits per heavy atom. The SMILES string of the molecule is O=C(NCc1cc(F)cc(Cl)c1)C1CCCCN(c2ccccc2)C1=O.O=C(O)C1CCCCN(c2ccccc2)C1=O. The summed E-state index contributed by atoms with van der Waals surface area (Å²) < 4.78 is 13.4. The third-order valence-electron chi connectivity index (χ3n) is 7.52. The van der Waals surface area contributed by atoms with Gasteiger partial charge in [-0.25, -0.2) is 4.39 Å². The number of carboxylic acid groups (broad SMARTS) is 1. The molecule has 2 fully saturated rings. The van der Waals surface area contributed by atoms with Crippen molar-refractivity contribution in [1.29, 1.82) is 0 Å². The molecule has 2 saturated heterocycles. The van der Waals surface area contributed by atoms with Gasteiger partial charge in [-0.15, -0.1) is 0 Å². The molecule has 2 atom stereocenters. The van der Waals surface area contributed by atoms with Crippen LogP contribution in [-0.2, 0) is 25.7 Å². The number of nitrogens with one attached hydrogen (secondary N) is 1. The van der Waals surface area contributed by atoms with E-state index in [-0.39, 0.29) is 29.3 Å². The predicted molar refractivity (Wildman–Crippen MR) is 163 cm³/mol. The molecule has 10 heteroatoms. The van der Waals surface area contributed by atoms with E-state index in [1.54, 1.807) is 15.9 Å². The Labute approximate surface area is 255 Å². The average molecular weight is 608 g/mol. The molecule has 0 spiro atoms. The molecule has 3 aromatic rings. The summed E-state index contributed by atoms with van der Waals surface area (Å²) in [7, 11) is 0. The predicted octanol–water partition coefficient (Wildman–Crippen LogP) is 5.83. The second-order valence-electron chi connectivity index (χ2n) is 10.6. The molecule has 0 aliphatic carbocycles. The Hall–Kier alpha value is -4.24. The number of para-hydroxylation sites is 2. The van der Waals surface area contributed by atoms with Crippen molar-refractivity contribution in [1.82, 2.24) is 5.32 Å². The minimum Gasteiger partial charge on any atom is -0.481 e. The fraction of sp³-hybridized carbons (Fsp3) is 0.333. The number of benzene rings is 3. The van der Waals surface area contributed by atoms with Gasteiger partial charge in [0.2, 0.25) is 17.7 Å². The monoisotopic (exact) mass is 607 g/mol. The van der Waals surface area contributed by atoms with Crippen molar-refractivity contribution >= 4 is 46.7 Å². The van der Waals surface area contributed by atoms with E-state index in [4.69, 9.17) is 16.7 Å². The molecule has 2 heterocycles. The van der Waals surface area contributed by atoms with Crippen LogP contribution in [-0.4, -0.2) is 41.9 Å². The summed E-state index contributed by atoms with van der Waals surface area (Å²) in [6.07, 6.45) is 4.24. The zero-order valence-electron chi connectivity index (χ0n) is 23.8. The van der Waals surface area contributed by atoms with Crippen molar-refractivity contribution in [2.75, 3.05) is 22.9 Å². The molecule has 0 aromatic heterocycles. The van der Waals surface area contributed by atoms with Crippen LogP contribution in [0.4, 0.5) is 15.8 Å². The van der Waals surface area contributed by atoms with Crippen molar-refractivity contribution in [3.05, 3.63) is 95.3 Å². The Balaban J connectivity index is 0.000000215. The maximum atomic E-state index is 13.4. The highest BCUT2D eigenvalue weighted by atomic mass is 35.5. The van der Waals surface area contributed by atoms with Gasteiger partial charge in [-0.1, -0.05) is 60.8 Å². The second-order valence-corrected chi connectivity index (χ2v) is 11.0. The first-order chi connectivity index (χ1) is 20.7. The molecule has 2 aliphatic rings. The van der Waals surface area contributed by atoms with Gasteiger partial charge in [0, 0.05) is 36.0 Å². The quantitative estimate of drug-likeness (QED) is 0.343. The van der Waals surface area contributed by atoms with E-state index in [1.807, 2.05) is 60.7 Å². The first kappa shape index (κ1) is 31.7. The molecular weight excluding hydrogens is 573 g/mol. The number of aliphatic carboxylic acids is 1. The summed E-state index contributed by atoms with van der Waals surface area (Å²) >= 11 is 5.83. The topological polar surface area (TPSA) is 107 Å². The van der Waals surface area contributed by atoms with Crippen LogP contribution >= 0.6 is 11.6 Å². The van der Waals surface area contributed by atoms with E-state index < -0.39 is 23.6 Å². The maximum absolute atomic E-state index is 13.4. The number of carbonyl (C=O) groups excluding carboxylic acids is 3. The molecule has 0 saturated carbocycles. The Bertz CT molecular complexity index is 1400. The van der Waals surface area contributed by atoms with Gasteiger partial charge in [-0.2, -0.15) is 0 Å². The molecule has 0 bridgehead atoms. The van der Waals surface area contributed by atoms with Crippen LogP contribution in [0, 0.1) is 17.7 Å². The van der Waals surface area contributed by atoms with Crippen LogP contribution in [0.3, 0.4) is 0 Å². The van der Waals surface area contributed by atoms with Crippen LogP contribution in [0.15, 0.2) is 78.9 Å². The van der Waals surface area contributed by atoms with Crippen molar-refractivity contribution in [2.45, 2.75) is 45.1 Å². The van der Waals surface area contributed by atoms with E-state index in [1.165, 1.54) is 12.1 Å². The fourth-order valence-corrected chi connectivity index (χ4v) is 5.55. The smallest absolute Gasteiger partial charge is 0.316 e. The molecule has 0 radical (unpaired) electrons. The Kier molecular flexibility index (Phi) is 11.3. The molecule has 43 heavy (non-hydrogen) atoms. The number of hydrogen-bond acceptors (Lipinski definition) is 4. The normalized spacial score (nSPS) is 19.0. The highest BCUT2D eigenvalue weighted by Gasteiger charge is 2.34. The number of anilines is 2. The minimum atomic E-state index is -1.02. The highest BCUT2D eigenvalue weighted by molar-refractivity contribution is 6.30. The lowest BCUT2D eigenvalue weighted by Crippen LogP contribution is -2.42. The summed E-state index contributed by atoms with van der Waals surface area (Å²) in [6.45, 7) is 1.34. The van der Waals surface area contributed by atoms with Gasteiger partial charge in [0.15, 0.2) is 0 Å². The van der Waals surface area contributed by atoms with Gasteiger partial charge in [0.05, 0.1) is 0 Å². The maximum Gasteiger partial charge on any atom is 0.316 e. The molecule has 5 rings (SSSR count). The average Bonchev–Trinajstić information content (AvgIpc) is 3.32. The van der Waals surface area contributed by atoms with Crippen molar-refractivity contribution in [3.8, 4) is 0 Å². The van der Waals surface area contributed by atoms with E-state index in [0.717, 1.165) is 37.1 Å². The number of halogens is 2. The van der Waals surface area contributed by atoms with Gasteiger partial charge in [0.25, 0.3) is 0 Å². The Morgan fingerprint density at radius 2 is 1.30 bits per heavy atom. The minimum absolute atomic E-state index is 0.130. The van der Waals surface area contributed by atoms with Gasteiger partial charge in [-0.05, 0) is 73.7 Å². The standard InChI is InChI=1S/C20H20ClFN2O2.C13H15NO3/c21-15-10-14(11-16(22)12-15)13-23-19(25)18-8-4-5-9-24(20(18)26)17-6-2-1-3-7-17;15-12-11(13(16)17)8-4-5-9-14(12)10-6-2-1-3-7-10/h1-3,6-7,10-12,18H,4-5,8-9,13H2,(H,23,25);1-3,6-7,11H,4-5,8-9H2,(H,16,17). The molecule has 3 aromatic carbocycles. The van der Waals surface area contributed by atoms with E-state index in [0.29, 0.717) is 31.5 Å². The Morgan fingerprint density at radius 1 is 0.791 bits per heavy atom. The first-order valence-electron chi connectivity index (χ1n) is 14.4. The summed E-state index contributed by atoms with van der Waals surface area (Å²) in [5, 5.41) is 12.1. The third kappa shape index (κ3) is 8.64. The van der Waals surface area contributed by atoms with Crippen molar-refractivity contribution < 1.29 is 28.7 Å². The van der Waals surface area contributed by atoms with Crippen LogP contribution in [0.2, 0.25) is 5.02 Å². The number of carbonyl (C=O) groups is 4. The van der Waals surface area contributed by atoms with Gasteiger partial charge in [0.1, 0.15) is 17.7 Å². The van der Waals surface area contributed by atoms with Gasteiger partial charge >= 0.3 is 5.97 Å². The van der Waals surface area contributed by atoms with Crippen LogP contribution < -0.4 is 15.1 Å². The van der Waals surface area contributed by atoms with E-state index >= 15 is 0 Å². The number of carboxylic acids is 1. The lowest BCUT2D eigenvalue weighted by molar-refractivity contribution is -0.146. The number of amides is 3. The number of hydrogen-bond donors (Lipinski definition) is 2. The zero-order chi connectivity index (χ0) is 30.8. The van der Waals surface area contributed by atoms with Gasteiger partial charge in [-0.3, -0.25) is 19.2 Å². The molecule has 2 aliphatic heterocycles. The molecule has 226 valence electrons. The van der Waals surface area contributed by atoms with E-state index in [2.05, 4.69) is 5.32 Å². The lowest BCUT2D eigenvalue weighted by atomic mass is 10.0. The summed E-state index contributed by atoms with van der Waals surface area (Å²) in [5.41, 5.74) is 2.14. The third-order valence-corrected chi connectivity index (χ3v) is 7.73. The van der Waals surface area contributed by atoms with Crippen molar-refractivity contribution in [3.63, 3.8) is 0 Å². The summed E-state index contributed by atoms with van der Waals surface area (Å²) in [5.74, 6) is -3.91. The second kappa shape index (κ2) is 15.3. The number of rotatable bonds is 6. The van der Waals surface area contributed by atoms with Crippen molar-refractivity contribution in [2.24, 2.45) is 11.8 Å². The zero-order valence-corrected chi connectivity index (χ0v) is 24.5. The summed E-state index contributed by atoms with van der Waals surface area (Å²) in [6, 6.07) is 22.7. The molecule has 8 nitrogen and oxygen atoms in total. The molecule has 2 N–H and O–H groups in total. The molecule has 2 unspecified atom stereocenters. The van der Waals surface area contributed by atoms with Crippen LogP contribution in [0.25, 0.3) is 0 Å². The first-order valence-corrected chi connectivity index (χ1v) is 14.8. The highest BCUT2D eigenvalue weighted by Crippen LogP contribution is 2.25. The number of nitrogens with zero attached hydrogens (tertiary/aromatic N) is 2. The van der Waals surface area contributed by atoms with Crippen LogP contribution in [0.5, 0.6) is 0 Å². The van der Waals surface area contributed by atoms with Crippen LogP contribution in [0.1, 0.15) is 44.1 Å². The summed E-state index contributed by atoms with van der Waals surface area (Å²) in [4.78, 5) is 51.9. The molecular formula is C33H35ClFN3O5. The lowest BCUT2D eigenvalue weighted by Gasteiger charge is -2.24. The largest absolute Gasteiger partial charge is 0.481 e. The van der Waals surface area contributed by atoms with E-state index in [9.17, 15) is 23.6 Å².